The molecule has 2 aromatic carbocycles. The maximum Gasteiger partial charge on any atom is 0.334 e. The molecule has 0 amide bonds. The Balaban J connectivity index is 1.82. The smallest absolute Gasteiger partial charge is 0.334 e. The number of carbonyl (C=O) groups is 1. The van der Waals surface area contributed by atoms with E-state index in [0.29, 0.717) is 5.57 Å². The molecule has 0 aliphatic heterocycles. The molecular formula is C18H17NO2. The van der Waals surface area contributed by atoms with Gasteiger partial charge in [-0.15, -0.1) is 0 Å². The van der Waals surface area contributed by atoms with Crippen molar-refractivity contribution in [1.29, 1.82) is 0 Å². The van der Waals surface area contributed by atoms with Gasteiger partial charge in [0.05, 0.1) is 6.04 Å². The second-order valence-corrected chi connectivity index (χ2v) is 5.17. The summed E-state index contributed by atoms with van der Waals surface area (Å²) in [4.78, 5) is 11.4. The van der Waals surface area contributed by atoms with Gasteiger partial charge in [-0.05, 0) is 29.2 Å². The SMILES string of the molecule is C=C(C)C(=O)OCNC1c2ccccc2-c2ccccc21. The molecule has 0 atom stereocenters. The minimum atomic E-state index is -0.373. The van der Waals surface area contributed by atoms with Crippen LogP contribution in [0.15, 0.2) is 60.7 Å². The highest BCUT2D eigenvalue weighted by molar-refractivity contribution is 5.86. The number of nitrogens with one attached hydrogen (secondary N) is 1. The summed E-state index contributed by atoms with van der Waals surface area (Å²) in [5.41, 5.74) is 5.30. The zero-order valence-electron chi connectivity index (χ0n) is 11.9. The molecule has 0 saturated heterocycles. The standard InChI is InChI=1S/C18H17NO2/c1-12(2)18(20)21-11-19-17-15-9-5-3-7-13(15)14-8-4-6-10-16(14)17/h3-10,17,19H,1,11H2,2H3. The highest BCUT2D eigenvalue weighted by Gasteiger charge is 2.27. The third kappa shape index (κ3) is 2.48. The highest BCUT2D eigenvalue weighted by atomic mass is 16.5. The van der Waals surface area contributed by atoms with Crippen molar-refractivity contribution in [2.24, 2.45) is 0 Å². The molecule has 1 aliphatic carbocycles. The topological polar surface area (TPSA) is 38.3 Å². The van der Waals surface area contributed by atoms with Crippen LogP contribution in [0.4, 0.5) is 0 Å². The summed E-state index contributed by atoms with van der Waals surface area (Å²) in [6.07, 6.45) is 0. The molecule has 0 saturated carbocycles. The lowest BCUT2D eigenvalue weighted by atomic mass is 10.1. The van der Waals surface area contributed by atoms with Crippen LogP contribution in [-0.2, 0) is 9.53 Å². The van der Waals surface area contributed by atoms with Crippen molar-refractivity contribution in [1.82, 2.24) is 5.32 Å². The Morgan fingerprint density at radius 1 is 1.10 bits per heavy atom. The molecule has 3 nitrogen and oxygen atoms in total. The summed E-state index contributed by atoms with van der Waals surface area (Å²) < 4.78 is 5.15. The van der Waals surface area contributed by atoms with E-state index in [1.165, 1.54) is 22.3 Å². The van der Waals surface area contributed by atoms with Crippen LogP contribution in [0.25, 0.3) is 11.1 Å². The summed E-state index contributed by atoms with van der Waals surface area (Å²) in [5.74, 6) is -0.373. The first kappa shape index (κ1) is 13.6. The Morgan fingerprint density at radius 2 is 1.62 bits per heavy atom. The van der Waals surface area contributed by atoms with Crippen LogP contribution < -0.4 is 5.32 Å². The van der Waals surface area contributed by atoms with Crippen molar-refractivity contribution in [2.75, 3.05) is 6.73 Å². The number of esters is 1. The monoisotopic (exact) mass is 279 g/mol. The fraction of sp³-hybridized carbons (Fsp3) is 0.167. The summed E-state index contributed by atoms with van der Waals surface area (Å²) in [5, 5.41) is 3.30. The predicted molar refractivity (Wildman–Crippen MR) is 82.6 cm³/mol. The molecule has 0 radical (unpaired) electrons. The first-order valence-electron chi connectivity index (χ1n) is 6.92. The van der Waals surface area contributed by atoms with Gasteiger partial charge >= 0.3 is 5.97 Å². The van der Waals surface area contributed by atoms with Gasteiger partial charge < -0.3 is 4.74 Å². The van der Waals surface area contributed by atoms with E-state index in [4.69, 9.17) is 4.74 Å². The molecule has 1 N–H and O–H groups in total. The molecule has 106 valence electrons. The van der Waals surface area contributed by atoms with Gasteiger partial charge in [0, 0.05) is 5.57 Å². The molecule has 0 aromatic heterocycles. The van der Waals surface area contributed by atoms with Gasteiger partial charge in [0.25, 0.3) is 0 Å². The summed E-state index contributed by atoms with van der Waals surface area (Å²) >= 11 is 0. The van der Waals surface area contributed by atoms with Gasteiger partial charge in [-0.1, -0.05) is 55.1 Å². The summed E-state index contributed by atoms with van der Waals surface area (Å²) in [6.45, 7) is 5.38. The number of carbonyl (C=O) groups excluding carboxylic acids is 1. The van der Waals surface area contributed by atoms with Crippen LogP contribution in [0, 0.1) is 0 Å². The summed E-state index contributed by atoms with van der Waals surface area (Å²) in [7, 11) is 0. The maximum absolute atomic E-state index is 11.4. The van der Waals surface area contributed by atoms with Crippen molar-refractivity contribution in [2.45, 2.75) is 13.0 Å². The fourth-order valence-corrected chi connectivity index (χ4v) is 2.69. The Bertz CT molecular complexity index is 660. The Hall–Kier alpha value is -2.39. The Kier molecular flexibility index (Phi) is 3.59. The van der Waals surface area contributed by atoms with Crippen molar-refractivity contribution >= 4 is 5.97 Å². The van der Waals surface area contributed by atoms with E-state index in [2.05, 4.69) is 36.2 Å². The first-order chi connectivity index (χ1) is 10.2. The number of hydrogen-bond acceptors (Lipinski definition) is 3. The van der Waals surface area contributed by atoms with Gasteiger partial charge in [0.2, 0.25) is 0 Å². The fourth-order valence-electron chi connectivity index (χ4n) is 2.69. The second kappa shape index (κ2) is 5.54. The third-order valence-corrected chi connectivity index (χ3v) is 3.67. The van der Waals surface area contributed by atoms with E-state index >= 15 is 0 Å². The average Bonchev–Trinajstić information content (AvgIpc) is 2.82. The molecular weight excluding hydrogens is 262 g/mol. The van der Waals surface area contributed by atoms with Crippen LogP contribution in [0.2, 0.25) is 0 Å². The van der Waals surface area contributed by atoms with Crippen molar-refractivity contribution in [3.05, 3.63) is 71.8 Å². The molecule has 0 spiro atoms. The van der Waals surface area contributed by atoms with E-state index in [9.17, 15) is 4.79 Å². The molecule has 0 unspecified atom stereocenters. The number of hydrogen-bond donors (Lipinski definition) is 1. The van der Waals surface area contributed by atoms with E-state index < -0.39 is 0 Å². The maximum atomic E-state index is 11.4. The molecule has 0 bridgehead atoms. The first-order valence-corrected chi connectivity index (χ1v) is 6.92. The van der Waals surface area contributed by atoms with Gasteiger partial charge in [-0.25, -0.2) is 4.79 Å². The van der Waals surface area contributed by atoms with Gasteiger partial charge in [-0.3, -0.25) is 5.32 Å². The number of fused-ring (bicyclic) bond motifs is 3. The van der Waals surface area contributed by atoms with Crippen LogP contribution in [-0.4, -0.2) is 12.7 Å². The van der Waals surface area contributed by atoms with E-state index in [1.54, 1.807) is 6.92 Å². The normalized spacial score (nSPS) is 12.6. The van der Waals surface area contributed by atoms with E-state index in [0.717, 1.165) is 0 Å². The van der Waals surface area contributed by atoms with Crippen molar-refractivity contribution in [3.8, 4) is 11.1 Å². The molecule has 0 heterocycles. The minimum absolute atomic E-state index is 0.0512. The predicted octanol–water partition coefficient (Wildman–Crippen LogP) is 3.42. The van der Waals surface area contributed by atoms with Crippen molar-refractivity contribution < 1.29 is 9.53 Å². The zero-order valence-corrected chi connectivity index (χ0v) is 11.9. The molecule has 3 rings (SSSR count). The Labute approximate surface area is 124 Å². The Morgan fingerprint density at radius 3 is 2.14 bits per heavy atom. The lowest BCUT2D eigenvalue weighted by Gasteiger charge is -2.15. The quantitative estimate of drug-likeness (QED) is 0.529. The van der Waals surface area contributed by atoms with Crippen LogP contribution in [0.1, 0.15) is 24.1 Å². The largest absolute Gasteiger partial charge is 0.446 e. The summed E-state index contributed by atoms with van der Waals surface area (Å²) in [6, 6.07) is 16.6. The molecule has 2 aromatic rings. The highest BCUT2D eigenvalue weighted by Crippen LogP contribution is 2.42. The van der Waals surface area contributed by atoms with Gasteiger partial charge in [0.1, 0.15) is 6.73 Å². The molecule has 3 heteroatoms. The number of ether oxygens (including phenoxy) is 1. The van der Waals surface area contributed by atoms with E-state index in [1.807, 2.05) is 24.3 Å². The lowest BCUT2D eigenvalue weighted by Crippen LogP contribution is -2.25. The molecule has 0 fully saturated rings. The second-order valence-electron chi connectivity index (χ2n) is 5.17. The number of benzene rings is 2. The average molecular weight is 279 g/mol. The lowest BCUT2D eigenvalue weighted by molar-refractivity contribution is -0.139. The van der Waals surface area contributed by atoms with Gasteiger partial charge in [0.15, 0.2) is 0 Å². The molecule has 21 heavy (non-hydrogen) atoms. The van der Waals surface area contributed by atoms with Crippen molar-refractivity contribution in [3.63, 3.8) is 0 Å². The third-order valence-electron chi connectivity index (χ3n) is 3.67. The van der Waals surface area contributed by atoms with Crippen LogP contribution >= 0.6 is 0 Å². The van der Waals surface area contributed by atoms with Gasteiger partial charge in [-0.2, -0.15) is 0 Å². The number of rotatable bonds is 4. The molecule has 1 aliphatic rings. The zero-order chi connectivity index (χ0) is 14.8. The van der Waals surface area contributed by atoms with Crippen LogP contribution in [0.3, 0.4) is 0 Å². The minimum Gasteiger partial charge on any atom is -0.446 e. The van der Waals surface area contributed by atoms with Crippen LogP contribution in [0.5, 0.6) is 0 Å². The van der Waals surface area contributed by atoms with E-state index in [-0.39, 0.29) is 18.7 Å².